The van der Waals surface area contributed by atoms with Gasteiger partial charge in [0.2, 0.25) is 0 Å². The van der Waals surface area contributed by atoms with Gasteiger partial charge < -0.3 is 10.6 Å². The molecule has 0 radical (unpaired) electrons. The molecule has 8 heteroatoms. The molecule has 1 aliphatic rings. The average Bonchev–Trinajstić information content (AvgIpc) is 3.03. The normalized spacial score (nSPS) is 15.3. The summed E-state index contributed by atoms with van der Waals surface area (Å²) in [5, 5.41) is 4.44. The summed E-state index contributed by atoms with van der Waals surface area (Å²) in [4.78, 5) is 6.52. The molecular formula is C15H19FIN5S. The van der Waals surface area contributed by atoms with E-state index in [0.717, 1.165) is 36.0 Å². The number of hydrogen-bond acceptors (Lipinski definition) is 3. The third-order valence-corrected chi connectivity index (χ3v) is 4.42. The summed E-state index contributed by atoms with van der Waals surface area (Å²) >= 11 is 1.94. The Hall–Kier alpha value is -1.29. The molecule has 0 bridgehead atoms. The number of thioether (sulfide) groups is 1. The molecule has 5 nitrogen and oxygen atoms in total. The van der Waals surface area contributed by atoms with Crippen LogP contribution in [0.25, 0.3) is 5.69 Å². The Kier molecular flexibility index (Phi) is 6.70. The minimum absolute atomic E-state index is 0. The van der Waals surface area contributed by atoms with Gasteiger partial charge in [-0.3, -0.25) is 0 Å². The maximum Gasteiger partial charge on any atom is 0.191 e. The van der Waals surface area contributed by atoms with Crippen molar-refractivity contribution >= 4 is 41.7 Å². The summed E-state index contributed by atoms with van der Waals surface area (Å²) in [6, 6.07) is 8.11. The number of guanidine groups is 1. The molecule has 124 valence electrons. The lowest BCUT2D eigenvalue weighted by Crippen LogP contribution is -2.42. The van der Waals surface area contributed by atoms with Crippen LogP contribution in [0.3, 0.4) is 0 Å². The quantitative estimate of drug-likeness (QED) is 0.447. The van der Waals surface area contributed by atoms with Crippen LogP contribution in [0.15, 0.2) is 41.5 Å². The highest BCUT2D eigenvalue weighted by Gasteiger charge is 2.12. The van der Waals surface area contributed by atoms with Crippen molar-refractivity contribution in [1.82, 2.24) is 14.7 Å². The van der Waals surface area contributed by atoms with E-state index in [1.54, 1.807) is 16.8 Å². The highest BCUT2D eigenvalue weighted by Crippen LogP contribution is 2.11. The van der Waals surface area contributed by atoms with Crippen molar-refractivity contribution in [1.29, 1.82) is 0 Å². The number of nitrogens with two attached hydrogens (primary N) is 1. The van der Waals surface area contributed by atoms with E-state index in [2.05, 4.69) is 15.0 Å². The maximum absolute atomic E-state index is 12.9. The zero-order chi connectivity index (χ0) is 15.4. The van der Waals surface area contributed by atoms with Gasteiger partial charge in [0.05, 0.1) is 17.9 Å². The molecule has 0 amide bonds. The number of halogens is 2. The second-order valence-electron chi connectivity index (χ2n) is 5.00. The van der Waals surface area contributed by atoms with E-state index in [1.165, 1.54) is 12.1 Å². The van der Waals surface area contributed by atoms with E-state index in [9.17, 15) is 4.39 Å². The molecule has 23 heavy (non-hydrogen) atoms. The highest BCUT2D eigenvalue weighted by molar-refractivity contribution is 14.0. The Bertz CT molecular complexity index is 652. The van der Waals surface area contributed by atoms with Gasteiger partial charge in [0.25, 0.3) is 0 Å². The average molecular weight is 447 g/mol. The van der Waals surface area contributed by atoms with Crippen molar-refractivity contribution in [2.24, 2.45) is 10.7 Å². The summed E-state index contributed by atoms with van der Waals surface area (Å²) in [5.74, 6) is 2.51. The van der Waals surface area contributed by atoms with Gasteiger partial charge in [-0.05, 0) is 30.3 Å². The number of aromatic nitrogens is 2. The molecule has 1 saturated heterocycles. The van der Waals surface area contributed by atoms with Crippen LogP contribution in [0.2, 0.25) is 0 Å². The van der Waals surface area contributed by atoms with E-state index in [-0.39, 0.29) is 29.8 Å². The third kappa shape index (κ3) is 4.84. The second kappa shape index (κ2) is 8.53. The summed E-state index contributed by atoms with van der Waals surface area (Å²) in [5.41, 5.74) is 7.67. The molecule has 0 aliphatic carbocycles. The topological polar surface area (TPSA) is 59.4 Å². The smallest absolute Gasteiger partial charge is 0.191 e. The fraction of sp³-hybridized carbons (Fsp3) is 0.333. The molecule has 0 spiro atoms. The first-order valence-electron chi connectivity index (χ1n) is 7.15. The van der Waals surface area contributed by atoms with Crippen LogP contribution in [0, 0.1) is 5.82 Å². The zero-order valence-electron chi connectivity index (χ0n) is 12.6. The summed E-state index contributed by atoms with van der Waals surface area (Å²) in [6.45, 7) is 2.34. The van der Waals surface area contributed by atoms with Crippen LogP contribution in [0.4, 0.5) is 4.39 Å². The Labute approximate surface area is 156 Å². The molecule has 0 atom stereocenters. The molecule has 0 unspecified atom stereocenters. The molecule has 3 rings (SSSR count). The first-order valence-corrected chi connectivity index (χ1v) is 8.31. The van der Waals surface area contributed by atoms with Crippen LogP contribution in [0.5, 0.6) is 0 Å². The van der Waals surface area contributed by atoms with Gasteiger partial charge in [0.1, 0.15) is 5.82 Å². The fourth-order valence-electron chi connectivity index (χ4n) is 2.24. The van der Waals surface area contributed by atoms with Gasteiger partial charge >= 0.3 is 0 Å². The minimum atomic E-state index is -0.256. The summed E-state index contributed by atoms with van der Waals surface area (Å²) in [6.07, 6.45) is 1.84. The molecular weight excluding hydrogens is 428 g/mol. The first kappa shape index (κ1) is 18.1. The van der Waals surface area contributed by atoms with Gasteiger partial charge in [-0.1, -0.05) is 0 Å². The summed E-state index contributed by atoms with van der Waals surface area (Å²) < 4.78 is 14.6. The molecule has 1 aromatic carbocycles. The van der Waals surface area contributed by atoms with E-state index in [4.69, 9.17) is 5.73 Å². The van der Waals surface area contributed by atoms with E-state index < -0.39 is 0 Å². The molecule has 1 fully saturated rings. The lowest BCUT2D eigenvalue weighted by Gasteiger charge is -2.27. The highest BCUT2D eigenvalue weighted by atomic mass is 127. The Morgan fingerprint density at radius 3 is 2.61 bits per heavy atom. The molecule has 2 aromatic rings. The van der Waals surface area contributed by atoms with E-state index in [0.29, 0.717) is 12.5 Å². The van der Waals surface area contributed by atoms with Gasteiger partial charge in [-0.15, -0.1) is 24.0 Å². The van der Waals surface area contributed by atoms with Gasteiger partial charge in [0.15, 0.2) is 5.96 Å². The van der Waals surface area contributed by atoms with E-state index >= 15 is 0 Å². The standard InChI is InChI=1S/C15H18FN5S.HI/c16-12-1-3-14(4-2-12)21-6-5-13(19-21)11-18-15(17)20-7-9-22-10-8-20;/h1-6H,7-11H2,(H2,17,18);1H. The van der Waals surface area contributed by atoms with Crippen molar-refractivity contribution in [3.05, 3.63) is 48.0 Å². The van der Waals surface area contributed by atoms with E-state index in [1.807, 2.05) is 24.0 Å². The maximum atomic E-state index is 12.9. The SMILES string of the molecule is I.NC(=NCc1ccn(-c2ccc(F)cc2)n1)N1CCSCC1. The minimum Gasteiger partial charge on any atom is -0.370 e. The lowest BCUT2D eigenvalue weighted by molar-refractivity contribution is 0.455. The van der Waals surface area contributed by atoms with Gasteiger partial charge in [0, 0.05) is 30.8 Å². The van der Waals surface area contributed by atoms with Gasteiger partial charge in [-0.2, -0.15) is 16.9 Å². The monoisotopic (exact) mass is 447 g/mol. The number of aliphatic imine (C=N–C) groups is 1. The number of rotatable bonds is 3. The second-order valence-corrected chi connectivity index (χ2v) is 6.23. The van der Waals surface area contributed by atoms with Crippen molar-refractivity contribution in [2.45, 2.75) is 6.54 Å². The predicted molar refractivity (Wildman–Crippen MR) is 103 cm³/mol. The van der Waals surface area contributed by atoms with Crippen LogP contribution in [0.1, 0.15) is 5.69 Å². The number of hydrogen-bond donors (Lipinski definition) is 1. The molecule has 0 saturated carbocycles. The predicted octanol–water partition coefficient (Wildman–Crippen LogP) is 2.49. The van der Waals surface area contributed by atoms with Crippen LogP contribution in [-0.4, -0.2) is 45.2 Å². The summed E-state index contributed by atoms with van der Waals surface area (Å²) in [7, 11) is 0. The number of nitrogens with zero attached hydrogens (tertiary/aromatic N) is 4. The Morgan fingerprint density at radius 2 is 1.91 bits per heavy atom. The molecule has 1 aromatic heterocycles. The first-order chi connectivity index (χ1) is 10.7. The number of benzene rings is 1. The molecule has 2 heterocycles. The Morgan fingerprint density at radius 1 is 1.22 bits per heavy atom. The van der Waals surface area contributed by atoms with Crippen LogP contribution in [-0.2, 0) is 6.54 Å². The van der Waals surface area contributed by atoms with Crippen molar-refractivity contribution in [2.75, 3.05) is 24.6 Å². The largest absolute Gasteiger partial charge is 0.370 e. The molecule has 2 N–H and O–H groups in total. The fourth-order valence-corrected chi connectivity index (χ4v) is 3.14. The van der Waals surface area contributed by atoms with Crippen molar-refractivity contribution in [3.63, 3.8) is 0 Å². The van der Waals surface area contributed by atoms with Crippen LogP contribution < -0.4 is 5.73 Å². The Balaban J connectivity index is 0.00000192. The third-order valence-electron chi connectivity index (χ3n) is 3.47. The molecule has 1 aliphatic heterocycles. The van der Waals surface area contributed by atoms with Gasteiger partial charge in [-0.25, -0.2) is 14.1 Å². The van der Waals surface area contributed by atoms with Crippen molar-refractivity contribution < 1.29 is 4.39 Å². The van der Waals surface area contributed by atoms with Crippen LogP contribution >= 0.6 is 35.7 Å². The van der Waals surface area contributed by atoms with Crippen molar-refractivity contribution in [3.8, 4) is 5.69 Å². The lowest BCUT2D eigenvalue weighted by atomic mass is 10.3. The zero-order valence-corrected chi connectivity index (χ0v) is 15.7.